The quantitative estimate of drug-likeness (QED) is 0.810. The van der Waals surface area contributed by atoms with Crippen LogP contribution in [0.5, 0.6) is 5.75 Å². The monoisotopic (exact) mass is 345 g/mol. The first kappa shape index (κ1) is 15.8. The normalized spacial score (nSPS) is 12.5. The first-order valence-electron chi connectivity index (χ1n) is 7.02. The fraction of sp³-hybridized carbons (Fsp3) is 0.222. The van der Waals surface area contributed by atoms with Gasteiger partial charge in [0.1, 0.15) is 12.4 Å². The van der Waals surface area contributed by atoms with E-state index in [4.69, 9.17) is 4.74 Å². The lowest BCUT2D eigenvalue weighted by Crippen LogP contribution is -2.13. The van der Waals surface area contributed by atoms with Crippen molar-refractivity contribution in [3.8, 4) is 5.75 Å². The molecule has 0 radical (unpaired) electrons. The lowest BCUT2D eigenvalue weighted by Gasteiger charge is -2.16. The molecule has 0 heterocycles. The Labute approximate surface area is 135 Å². The maximum Gasteiger partial charge on any atom is 0.125 e. The van der Waals surface area contributed by atoms with Crippen LogP contribution in [0.25, 0.3) is 6.08 Å². The third-order valence-corrected chi connectivity index (χ3v) is 3.81. The van der Waals surface area contributed by atoms with Crippen molar-refractivity contribution in [2.24, 2.45) is 0 Å². The van der Waals surface area contributed by atoms with Gasteiger partial charge in [-0.1, -0.05) is 58.4 Å². The zero-order valence-electron chi connectivity index (χ0n) is 12.3. The Morgan fingerprint density at radius 1 is 1.19 bits per heavy atom. The molecule has 1 unspecified atom stereocenters. The van der Waals surface area contributed by atoms with E-state index in [0.717, 1.165) is 15.8 Å². The summed E-state index contributed by atoms with van der Waals surface area (Å²) in [5, 5.41) is 3.24. The number of nitrogens with one attached hydrogen (secondary N) is 1. The average Bonchev–Trinajstić information content (AvgIpc) is 2.52. The SMILES string of the molecule is CNC(C)c1ccc(Br)cc1OC/C=C/c1ccccc1. The van der Waals surface area contributed by atoms with E-state index in [9.17, 15) is 0 Å². The first-order chi connectivity index (χ1) is 10.2. The highest BCUT2D eigenvalue weighted by Crippen LogP contribution is 2.28. The molecule has 0 bridgehead atoms. The van der Waals surface area contributed by atoms with E-state index in [1.807, 2.05) is 43.5 Å². The minimum absolute atomic E-state index is 0.256. The summed E-state index contributed by atoms with van der Waals surface area (Å²) in [6, 6.07) is 16.6. The van der Waals surface area contributed by atoms with Gasteiger partial charge in [-0.2, -0.15) is 0 Å². The Morgan fingerprint density at radius 3 is 2.67 bits per heavy atom. The Hall–Kier alpha value is -1.58. The van der Waals surface area contributed by atoms with Crippen LogP contribution in [0.4, 0.5) is 0 Å². The summed E-state index contributed by atoms with van der Waals surface area (Å²) in [6.45, 7) is 2.67. The van der Waals surface area contributed by atoms with E-state index in [1.165, 1.54) is 5.56 Å². The lowest BCUT2D eigenvalue weighted by molar-refractivity contribution is 0.355. The Morgan fingerprint density at radius 2 is 1.95 bits per heavy atom. The number of rotatable bonds is 6. The second-order valence-electron chi connectivity index (χ2n) is 4.82. The molecule has 3 heteroatoms. The van der Waals surface area contributed by atoms with Crippen molar-refractivity contribution in [2.45, 2.75) is 13.0 Å². The van der Waals surface area contributed by atoms with Crippen molar-refractivity contribution in [1.29, 1.82) is 0 Å². The van der Waals surface area contributed by atoms with Crippen molar-refractivity contribution in [1.82, 2.24) is 5.32 Å². The molecule has 0 saturated heterocycles. The van der Waals surface area contributed by atoms with Gasteiger partial charge in [-0.3, -0.25) is 0 Å². The third kappa shape index (κ3) is 4.73. The lowest BCUT2D eigenvalue weighted by atomic mass is 10.1. The molecule has 0 aliphatic carbocycles. The first-order valence-corrected chi connectivity index (χ1v) is 7.81. The number of benzene rings is 2. The summed E-state index contributed by atoms with van der Waals surface area (Å²) in [5.41, 5.74) is 2.34. The fourth-order valence-corrected chi connectivity index (χ4v) is 2.37. The number of hydrogen-bond donors (Lipinski definition) is 1. The third-order valence-electron chi connectivity index (χ3n) is 3.32. The van der Waals surface area contributed by atoms with E-state index >= 15 is 0 Å². The molecule has 1 N–H and O–H groups in total. The predicted molar refractivity (Wildman–Crippen MR) is 92.6 cm³/mol. The molecular formula is C18H20BrNO. The summed E-state index contributed by atoms with van der Waals surface area (Å²) >= 11 is 3.49. The van der Waals surface area contributed by atoms with Crippen LogP contribution in [0, 0.1) is 0 Å². The molecule has 21 heavy (non-hydrogen) atoms. The summed E-state index contributed by atoms with van der Waals surface area (Å²) < 4.78 is 6.93. The molecule has 0 spiro atoms. The molecule has 0 aliphatic heterocycles. The molecule has 2 nitrogen and oxygen atoms in total. The van der Waals surface area contributed by atoms with Crippen LogP contribution in [-0.2, 0) is 0 Å². The van der Waals surface area contributed by atoms with Gasteiger partial charge < -0.3 is 10.1 Å². The smallest absolute Gasteiger partial charge is 0.125 e. The topological polar surface area (TPSA) is 21.3 Å². The summed E-state index contributed by atoms with van der Waals surface area (Å²) in [7, 11) is 1.95. The number of halogens is 1. The summed E-state index contributed by atoms with van der Waals surface area (Å²) in [6.07, 6.45) is 4.10. The van der Waals surface area contributed by atoms with Crippen LogP contribution < -0.4 is 10.1 Å². The van der Waals surface area contributed by atoms with Gasteiger partial charge in [0.2, 0.25) is 0 Å². The molecule has 0 amide bonds. The van der Waals surface area contributed by atoms with Crippen molar-refractivity contribution in [3.05, 3.63) is 70.2 Å². The van der Waals surface area contributed by atoms with E-state index in [2.05, 4.69) is 52.4 Å². The van der Waals surface area contributed by atoms with Gasteiger partial charge >= 0.3 is 0 Å². The van der Waals surface area contributed by atoms with E-state index < -0.39 is 0 Å². The molecule has 0 saturated carbocycles. The van der Waals surface area contributed by atoms with Gasteiger partial charge in [-0.25, -0.2) is 0 Å². The molecule has 0 fully saturated rings. The van der Waals surface area contributed by atoms with Crippen molar-refractivity contribution < 1.29 is 4.74 Å². The highest BCUT2D eigenvalue weighted by Gasteiger charge is 2.10. The molecular weight excluding hydrogens is 326 g/mol. The standard InChI is InChI=1S/C18H20BrNO/c1-14(20-2)17-11-10-16(19)13-18(17)21-12-6-9-15-7-4-3-5-8-15/h3-11,13-14,20H,12H2,1-2H3/b9-6+. The largest absolute Gasteiger partial charge is 0.489 e. The van der Waals surface area contributed by atoms with Gasteiger partial charge in [0.05, 0.1) is 0 Å². The van der Waals surface area contributed by atoms with Gasteiger partial charge in [0.25, 0.3) is 0 Å². The zero-order valence-corrected chi connectivity index (χ0v) is 13.9. The van der Waals surface area contributed by atoms with Gasteiger partial charge in [-0.05, 0) is 37.7 Å². The Kier molecular flexibility index (Phi) is 6.03. The molecule has 110 valence electrons. The Bertz CT molecular complexity index is 595. The molecule has 2 aromatic carbocycles. The van der Waals surface area contributed by atoms with Crippen LogP contribution in [0.15, 0.2) is 59.1 Å². The zero-order chi connectivity index (χ0) is 15.1. The maximum atomic E-state index is 5.91. The minimum Gasteiger partial charge on any atom is -0.489 e. The minimum atomic E-state index is 0.256. The molecule has 1 atom stereocenters. The predicted octanol–water partition coefficient (Wildman–Crippen LogP) is 4.82. The van der Waals surface area contributed by atoms with Crippen LogP contribution in [0.3, 0.4) is 0 Å². The van der Waals surface area contributed by atoms with Crippen LogP contribution in [0.2, 0.25) is 0 Å². The van der Waals surface area contributed by atoms with Gasteiger partial charge in [-0.15, -0.1) is 0 Å². The molecule has 2 aromatic rings. The van der Waals surface area contributed by atoms with Crippen molar-refractivity contribution >= 4 is 22.0 Å². The highest BCUT2D eigenvalue weighted by molar-refractivity contribution is 9.10. The average molecular weight is 346 g/mol. The summed E-state index contributed by atoms with van der Waals surface area (Å²) in [4.78, 5) is 0. The molecule has 2 rings (SSSR count). The second kappa shape index (κ2) is 8.01. The number of hydrogen-bond acceptors (Lipinski definition) is 2. The van der Waals surface area contributed by atoms with Crippen LogP contribution >= 0.6 is 15.9 Å². The maximum absolute atomic E-state index is 5.91. The molecule has 0 aromatic heterocycles. The highest BCUT2D eigenvalue weighted by atomic mass is 79.9. The van der Waals surface area contributed by atoms with E-state index in [-0.39, 0.29) is 6.04 Å². The fourth-order valence-electron chi connectivity index (χ4n) is 2.03. The second-order valence-corrected chi connectivity index (χ2v) is 5.73. The number of ether oxygens (including phenoxy) is 1. The van der Waals surface area contributed by atoms with Crippen LogP contribution in [0.1, 0.15) is 24.1 Å². The summed E-state index contributed by atoms with van der Waals surface area (Å²) in [5.74, 6) is 0.906. The molecule has 0 aliphatic rings. The van der Waals surface area contributed by atoms with E-state index in [1.54, 1.807) is 0 Å². The van der Waals surface area contributed by atoms with E-state index in [0.29, 0.717) is 6.61 Å². The Balaban J connectivity index is 2.02. The van der Waals surface area contributed by atoms with Crippen molar-refractivity contribution in [2.75, 3.05) is 13.7 Å². The van der Waals surface area contributed by atoms with Gasteiger partial charge in [0.15, 0.2) is 0 Å². The van der Waals surface area contributed by atoms with Crippen molar-refractivity contribution in [3.63, 3.8) is 0 Å². The van der Waals surface area contributed by atoms with Gasteiger partial charge in [0, 0.05) is 16.1 Å². The van der Waals surface area contributed by atoms with Crippen LogP contribution in [-0.4, -0.2) is 13.7 Å².